The van der Waals surface area contributed by atoms with E-state index in [9.17, 15) is 8.78 Å². The first-order valence-corrected chi connectivity index (χ1v) is 4.91. The zero-order valence-electron chi connectivity index (χ0n) is 8.87. The maximum atomic E-state index is 11.7. The smallest absolute Gasteiger partial charge is 0.258 e. The molecule has 0 spiro atoms. The Morgan fingerprint density at radius 3 is 2.53 bits per heavy atom. The van der Waals surface area contributed by atoms with Crippen molar-refractivity contribution in [2.24, 2.45) is 0 Å². The van der Waals surface area contributed by atoms with Gasteiger partial charge in [0.15, 0.2) is 0 Å². The number of aryl methyl sites for hydroxylation is 1. The average Bonchev–Trinajstić information content (AvgIpc) is 2.18. The lowest BCUT2D eigenvalue weighted by Crippen LogP contribution is -1.97. The minimum atomic E-state index is -1.64. The molecular formula is C11H14F2N2. The summed E-state index contributed by atoms with van der Waals surface area (Å²) in [6.07, 6.45) is 3.43. The molecule has 0 atom stereocenters. The molecular weight excluding hydrogens is 198 g/mol. The van der Waals surface area contributed by atoms with Crippen molar-refractivity contribution in [1.82, 2.24) is 9.97 Å². The predicted octanol–water partition coefficient (Wildman–Crippen LogP) is 3.31. The van der Waals surface area contributed by atoms with E-state index in [1.165, 1.54) is 0 Å². The molecule has 15 heavy (non-hydrogen) atoms. The summed E-state index contributed by atoms with van der Waals surface area (Å²) in [6, 6.07) is 0. The van der Waals surface area contributed by atoms with Gasteiger partial charge in [-0.25, -0.2) is 0 Å². The van der Waals surface area contributed by atoms with Gasteiger partial charge in [-0.05, 0) is 24.8 Å². The molecule has 0 fully saturated rings. The van der Waals surface area contributed by atoms with E-state index in [0.29, 0.717) is 18.8 Å². The molecule has 1 heterocycles. The van der Waals surface area contributed by atoms with E-state index in [2.05, 4.69) is 9.97 Å². The van der Waals surface area contributed by atoms with Gasteiger partial charge in [0.05, 0.1) is 11.4 Å². The summed E-state index contributed by atoms with van der Waals surface area (Å²) in [5, 5.41) is 0. The third-order valence-electron chi connectivity index (χ3n) is 2.02. The summed E-state index contributed by atoms with van der Waals surface area (Å²) in [4.78, 5) is 8.37. The van der Waals surface area contributed by atoms with Crippen LogP contribution in [-0.4, -0.2) is 9.97 Å². The van der Waals surface area contributed by atoms with Crippen LogP contribution in [0, 0.1) is 0 Å². The summed E-state index contributed by atoms with van der Waals surface area (Å²) >= 11 is 0. The topological polar surface area (TPSA) is 25.8 Å². The lowest BCUT2D eigenvalue weighted by molar-refractivity contribution is 0.417. The maximum absolute atomic E-state index is 11.7. The Morgan fingerprint density at radius 2 is 2.07 bits per heavy atom. The van der Waals surface area contributed by atoms with Crippen molar-refractivity contribution in [3.8, 4) is 0 Å². The minimum absolute atomic E-state index is 0.304. The van der Waals surface area contributed by atoms with Crippen LogP contribution >= 0.6 is 0 Å². The average molecular weight is 212 g/mol. The van der Waals surface area contributed by atoms with Crippen LogP contribution in [0.1, 0.15) is 37.6 Å². The Balaban J connectivity index is 2.53. The summed E-state index contributed by atoms with van der Waals surface area (Å²) in [5.74, 6) is 0.342. The molecule has 0 amide bonds. The Hall–Kier alpha value is -1.32. The van der Waals surface area contributed by atoms with E-state index in [1.807, 2.05) is 13.8 Å². The predicted molar refractivity (Wildman–Crippen MR) is 54.7 cm³/mol. The third kappa shape index (κ3) is 4.14. The molecule has 0 aliphatic rings. The second-order valence-corrected chi connectivity index (χ2v) is 3.62. The Morgan fingerprint density at radius 1 is 1.33 bits per heavy atom. The standard InChI is InChI=1S/C11H14F2N2/c1-8(2)10-7-14-9(6-15-10)4-3-5-11(12)13/h5-8H,3-4H2,1-2H3. The molecule has 1 rings (SSSR count). The number of aromatic nitrogens is 2. The first-order valence-electron chi connectivity index (χ1n) is 4.91. The number of allylic oxidation sites excluding steroid dienone is 1. The van der Waals surface area contributed by atoms with Crippen LogP contribution < -0.4 is 0 Å². The lowest BCUT2D eigenvalue weighted by Gasteiger charge is -2.03. The molecule has 0 saturated heterocycles. The highest BCUT2D eigenvalue weighted by molar-refractivity contribution is 5.06. The molecule has 4 heteroatoms. The summed E-state index contributed by atoms with van der Waals surface area (Å²) in [5.41, 5.74) is 1.67. The van der Waals surface area contributed by atoms with Crippen LogP contribution in [0.2, 0.25) is 0 Å². The van der Waals surface area contributed by atoms with Crippen LogP contribution in [0.15, 0.2) is 24.6 Å². The van der Waals surface area contributed by atoms with Crippen molar-refractivity contribution in [1.29, 1.82) is 0 Å². The monoisotopic (exact) mass is 212 g/mol. The van der Waals surface area contributed by atoms with Crippen molar-refractivity contribution in [2.45, 2.75) is 32.6 Å². The Kier molecular flexibility index (Phi) is 4.34. The molecule has 0 saturated carbocycles. The second kappa shape index (κ2) is 5.53. The van der Waals surface area contributed by atoms with Crippen molar-refractivity contribution in [3.63, 3.8) is 0 Å². The van der Waals surface area contributed by atoms with Crippen molar-refractivity contribution in [3.05, 3.63) is 35.9 Å². The van der Waals surface area contributed by atoms with Gasteiger partial charge >= 0.3 is 0 Å². The highest BCUT2D eigenvalue weighted by atomic mass is 19.3. The van der Waals surface area contributed by atoms with E-state index in [4.69, 9.17) is 0 Å². The third-order valence-corrected chi connectivity index (χ3v) is 2.02. The molecule has 0 radical (unpaired) electrons. The van der Waals surface area contributed by atoms with E-state index in [0.717, 1.165) is 17.5 Å². The van der Waals surface area contributed by atoms with E-state index >= 15 is 0 Å². The largest absolute Gasteiger partial charge is 0.266 e. The summed E-state index contributed by atoms with van der Waals surface area (Å²) in [7, 11) is 0. The van der Waals surface area contributed by atoms with Crippen LogP contribution in [-0.2, 0) is 6.42 Å². The fourth-order valence-electron chi connectivity index (χ4n) is 1.12. The highest BCUT2D eigenvalue weighted by Crippen LogP contribution is 2.10. The lowest BCUT2D eigenvalue weighted by atomic mass is 10.1. The molecule has 1 aromatic heterocycles. The first kappa shape index (κ1) is 11.8. The van der Waals surface area contributed by atoms with Crippen LogP contribution in [0.4, 0.5) is 8.78 Å². The van der Waals surface area contributed by atoms with E-state index in [-0.39, 0.29) is 0 Å². The van der Waals surface area contributed by atoms with Crippen LogP contribution in [0.25, 0.3) is 0 Å². The van der Waals surface area contributed by atoms with Crippen LogP contribution in [0.3, 0.4) is 0 Å². The Bertz CT molecular complexity index is 327. The maximum Gasteiger partial charge on any atom is 0.266 e. The molecule has 1 aromatic rings. The fourth-order valence-corrected chi connectivity index (χ4v) is 1.12. The molecule has 0 unspecified atom stereocenters. The normalized spacial score (nSPS) is 10.5. The molecule has 0 aromatic carbocycles. The molecule has 2 nitrogen and oxygen atoms in total. The van der Waals surface area contributed by atoms with Crippen molar-refractivity contribution >= 4 is 0 Å². The SMILES string of the molecule is CC(C)c1cnc(CCC=C(F)F)cn1. The number of halogens is 2. The molecule has 0 N–H and O–H groups in total. The van der Waals surface area contributed by atoms with E-state index < -0.39 is 6.08 Å². The molecule has 0 aliphatic heterocycles. The van der Waals surface area contributed by atoms with Crippen molar-refractivity contribution in [2.75, 3.05) is 0 Å². The molecule has 82 valence electrons. The summed E-state index contributed by atoms with van der Waals surface area (Å²) in [6.45, 7) is 4.07. The van der Waals surface area contributed by atoms with Crippen LogP contribution in [0.5, 0.6) is 0 Å². The summed E-state index contributed by atoms with van der Waals surface area (Å²) < 4.78 is 23.5. The second-order valence-electron chi connectivity index (χ2n) is 3.62. The van der Waals surface area contributed by atoms with Gasteiger partial charge in [0, 0.05) is 12.4 Å². The zero-order valence-corrected chi connectivity index (χ0v) is 8.87. The van der Waals surface area contributed by atoms with Gasteiger partial charge in [0.2, 0.25) is 0 Å². The quantitative estimate of drug-likeness (QED) is 0.765. The fraction of sp³-hybridized carbons (Fsp3) is 0.455. The number of hydrogen-bond donors (Lipinski definition) is 0. The first-order chi connectivity index (χ1) is 7.09. The number of rotatable bonds is 4. The van der Waals surface area contributed by atoms with E-state index in [1.54, 1.807) is 12.4 Å². The molecule has 0 bridgehead atoms. The molecule has 0 aliphatic carbocycles. The van der Waals surface area contributed by atoms with Gasteiger partial charge in [-0.2, -0.15) is 8.78 Å². The Labute approximate surface area is 88.1 Å². The van der Waals surface area contributed by atoms with Gasteiger partial charge < -0.3 is 0 Å². The minimum Gasteiger partial charge on any atom is -0.258 e. The zero-order chi connectivity index (χ0) is 11.3. The highest BCUT2D eigenvalue weighted by Gasteiger charge is 2.01. The van der Waals surface area contributed by atoms with Gasteiger partial charge in [0.1, 0.15) is 0 Å². The van der Waals surface area contributed by atoms with Gasteiger partial charge in [-0.1, -0.05) is 13.8 Å². The van der Waals surface area contributed by atoms with Gasteiger partial charge in [0.25, 0.3) is 6.08 Å². The number of nitrogens with zero attached hydrogens (tertiary/aromatic N) is 2. The van der Waals surface area contributed by atoms with Gasteiger partial charge in [-0.3, -0.25) is 9.97 Å². The number of hydrogen-bond acceptors (Lipinski definition) is 2. The van der Waals surface area contributed by atoms with Crippen molar-refractivity contribution < 1.29 is 8.78 Å². The van der Waals surface area contributed by atoms with Gasteiger partial charge in [-0.15, -0.1) is 0 Å².